The second-order valence-corrected chi connectivity index (χ2v) is 5.45. The van der Waals surface area contributed by atoms with Crippen LogP contribution in [0, 0.1) is 11.3 Å². The van der Waals surface area contributed by atoms with Crippen molar-refractivity contribution in [3.63, 3.8) is 0 Å². The Balaban J connectivity index is 1.94. The van der Waals surface area contributed by atoms with Gasteiger partial charge in [0.2, 0.25) is 0 Å². The van der Waals surface area contributed by atoms with E-state index in [2.05, 4.69) is 19.8 Å². The van der Waals surface area contributed by atoms with Crippen LogP contribution in [0.25, 0.3) is 21.5 Å². The minimum Gasteiger partial charge on any atom is -0.489 e. The minimum atomic E-state index is -0.994. The van der Waals surface area contributed by atoms with E-state index in [9.17, 15) is 10.4 Å². The van der Waals surface area contributed by atoms with Crippen LogP contribution in [-0.4, -0.2) is 49.3 Å². The first-order valence-corrected chi connectivity index (χ1v) is 7.40. The van der Waals surface area contributed by atoms with Crippen LogP contribution in [0.3, 0.4) is 0 Å². The maximum atomic E-state index is 9.32. The van der Waals surface area contributed by atoms with Crippen LogP contribution in [0.1, 0.15) is 5.56 Å². The highest BCUT2D eigenvalue weighted by Crippen LogP contribution is 2.31. The Morgan fingerprint density at radius 1 is 1.39 bits per heavy atom. The largest absolute Gasteiger partial charge is 0.489 e. The number of aliphatic hydroxyl groups excluding tert-OH is 2. The predicted molar refractivity (Wildman–Crippen MR) is 81.7 cm³/mol. The molecule has 9 heteroatoms. The lowest BCUT2D eigenvalue weighted by Gasteiger charge is -2.11. The van der Waals surface area contributed by atoms with E-state index in [0.717, 1.165) is 4.70 Å². The standard InChI is InChI=1S/C14H11N5O3S/c15-4-9-3-8(1-2-11(9)22-7-10(21)6-20)13-14-12(23-18-13)5-16-19-17-14/h1-3,5,10,20-21H,6-7H2. The van der Waals surface area contributed by atoms with Crippen LogP contribution < -0.4 is 4.74 Å². The Bertz CT molecular complexity index is 876. The normalized spacial score (nSPS) is 12.0. The second kappa shape index (κ2) is 6.62. The summed E-state index contributed by atoms with van der Waals surface area (Å²) in [5.41, 5.74) is 2.26. The SMILES string of the molecule is N#Cc1cc(-c2nsc3cnnnc23)ccc1OCC(O)CO. The molecular formula is C14H11N5O3S. The van der Waals surface area contributed by atoms with Gasteiger partial charge in [-0.25, -0.2) is 0 Å². The van der Waals surface area contributed by atoms with Gasteiger partial charge in [0.25, 0.3) is 0 Å². The average Bonchev–Trinajstić information content (AvgIpc) is 3.03. The molecule has 0 aliphatic carbocycles. The number of ether oxygens (including phenoxy) is 1. The second-order valence-electron chi connectivity index (χ2n) is 4.65. The third-order valence-electron chi connectivity index (χ3n) is 3.08. The Morgan fingerprint density at radius 2 is 2.26 bits per heavy atom. The average molecular weight is 329 g/mol. The highest BCUT2D eigenvalue weighted by atomic mass is 32.1. The van der Waals surface area contributed by atoms with Crippen LogP contribution in [0.4, 0.5) is 0 Å². The van der Waals surface area contributed by atoms with Gasteiger partial charge in [0.15, 0.2) is 0 Å². The molecule has 3 rings (SSSR count). The zero-order valence-corrected chi connectivity index (χ0v) is 12.6. The van der Waals surface area contributed by atoms with Gasteiger partial charge in [-0.05, 0) is 34.9 Å². The molecule has 0 saturated carbocycles. The molecule has 0 saturated heterocycles. The molecular weight excluding hydrogens is 318 g/mol. The number of nitriles is 1. The Hall–Kier alpha value is -2.67. The van der Waals surface area contributed by atoms with Crippen LogP contribution >= 0.6 is 11.5 Å². The summed E-state index contributed by atoms with van der Waals surface area (Å²) < 4.78 is 10.5. The van der Waals surface area contributed by atoms with Crippen molar-refractivity contribution in [2.24, 2.45) is 0 Å². The summed E-state index contributed by atoms with van der Waals surface area (Å²) in [6.07, 6.45) is 0.592. The van der Waals surface area contributed by atoms with E-state index >= 15 is 0 Å². The Kier molecular flexibility index (Phi) is 4.38. The molecule has 0 amide bonds. The van der Waals surface area contributed by atoms with Gasteiger partial charge in [0.05, 0.1) is 23.1 Å². The molecule has 1 atom stereocenters. The van der Waals surface area contributed by atoms with E-state index in [-0.39, 0.29) is 6.61 Å². The quantitative estimate of drug-likeness (QED) is 0.702. The number of benzene rings is 1. The summed E-state index contributed by atoms with van der Waals surface area (Å²) in [5, 5.41) is 38.7. The van der Waals surface area contributed by atoms with Crippen molar-refractivity contribution in [3.8, 4) is 23.1 Å². The number of aliphatic hydroxyl groups is 2. The number of hydrogen-bond acceptors (Lipinski definition) is 9. The smallest absolute Gasteiger partial charge is 0.137 e. The van der Waals surface area contributed by atoms with E-state index < -0.39 is 12.7 Å². The van der Waals surface area contributed by atoms with Gasteiger partial charge < -0.3 is 14.9 Å². The first kappa shape index (κ1) is 15.2. The van der Waals surface area contributed by atoms with Crippen molar-refractivity contribution in [3.05, 3.63) is 30.0 Å². The van der Waals surface area contributed by atoms with Gasteiger partial charge in [0.1, 0.15) is 35.7 Å². The number of fused-ring (bicyclic) bond motifs is 1. The monoisotopic (exact) mass is 329 g/mol. The van der Waals surface area contributed by atoms with Crippen molar-refractivity contribution in [1.82, 2.24) is 19.8 Å². The van der Waals surface area contributed by atoms with E-state index in [1.165, 1.54) is 11.5 Å². The molecule has 2 N–H and O–H groups in total. The van der Waals surface area contributed by atoms with Gasteiger partial charge in [0, 0.05) is 5.56 Å². The van der Waals surface area contributed by atoms with Gasteiger partial charge >= 0.3 is 0 Å². The maximum absolute atomic E-state index is 9.32. The zero-order chi connectivity index (χ0) is 16.2. The fourth-order valence-electron chi connectivity index (χ4n) is 1.95. The highest BCUT2D eigenvalue weighted by Gasteiger charge is 2.14. The van der Waals surface area contributed by atoms with E-state index in [4.69, 9.17) is 9.84 Å². The molecule has 0 spiro atoms. The van der Waals surface area contributed by atoms with Crippen molar-refractivity contribution < 1.29 is 14.9 Å². The molecule has 3 aromatic rings. The summed E-state index contributed by atoms with van der Waals surface area (Å²) in [6, 6.07) is 7.05. The van der Waals surface area contributed by atoms with E-state index in [1.54, 1.807) is 24.4 Å². The lowest BCUT2D eigenvalue weighted by molar-refractivity contribution is 0.0535. The lowest BCUT2D eigenvalue weighted by Crippen LogP contribution is -2.21. The molecule has 116 valence electrons. The number of rotatable bonds is 5. The first-order chi connectivity index (χ1) is 11.2. The fraction of sp³-hybridized carbons (Fsp3) is 0.214. The summed E-state index contributed by atoms with van der Waals surface area (Å²) in [5.74, 6) is 0.330. The topological polar surface area (TPSA) is 125 Å². The fourth-order valence-corrected chi connectivity index (χ4v) is 2.65. The summed E-state index contributed by atoms with van der Waals surface area (Å²) in [4.78, 5) is 0. The summed E-state index contributed by atoms with van der Waals surface area (Å²) >= 11 is 1.25. The highest BCUT2D eigenvalue weighted by molar-refractivity contribution is 7.13. The Labute approximate surface area is 134 Å². The molecule has 1 aromatic carbocycles. The van der Waals surface area contributed by atoms with Gasteiger partial charge in [-0.2, -0.15) is 9.64 Å². The van der Waals surface area contributed by atoms with Crippen molar-refractivity contribution in [2.45, 2.75) is 6.10 Å². The van der Waals surface area contributed by atoms with Crippen molar-refractivity contribution >= 4 is 21.7 Å². The van der Waals surface area contributed by atoms with Crippen LogP contribution in [0.15, 0.2) is 24.4 Å². The predicted octanol–water partition coefficient (Wildman–Crippen LogP) is 0.752. The van der Waals surface area contributed by atoms with Crippen molar-refractivity contribution in [2.75, 3.05) is 13.2 Å². The third kappa shape index (κ3) is 3.09. The summed E-state index contributed by atoms with van der Waals surface area (Å²) in [7, 11) is 0. The molecule has 0 fully saturated rings. The molecule has 2 aromatic heterocycles. The Morgan fingerprint density at radius 3 is 3.04 bits per heavy atom. The van der Waals surface area contributed by atoms with E-state index in [1.807, 2.05) is 6.07 Å². The lowest BCUT2D eigenvalue weighted by atomic mass is 10.1. The molecule has 0 aliphatic heterocycles. The zero-order valence-electron chi connectivity index (χ0n) is 11.7. The van der Waals surface area contributed by atoms with Gasteiger partial charge in [-0.3, -0.25) is 0 Å². The molecule has 0 radical (unpaired) electrons. The molecule has 8 nitrogen and oxygen atoms in total. The van der Waals surface area contributed by atoms with Gasteiger partial charge in [-0.1, -0.05) is 0 Å². The number of hydrogen-bond donors (Lipinski definition) is 2. The number of aromatic nitrogens is 4. The van der Waals surface area contributed by atoms with Crippen LogP contribution in [0.5, 0.6) is 5.75 Å². The minimum absolute atomic E-state index is 0.0959. The first-order valence-electron chi connectivity index (χ1n) is 6.63. The van der Waals surface area contributed by atoms with Crippen molar-refractivity contribution in [1.29, 1.82) is 5.26 Å². The molecule has 0 aliphatic rings. The molecule has 23 heavy (non-hydrogen) atoms. The van der Waals surface area contributed by atoms with Gasteiger partial charge in [-0.15, -0.1) is 10.2 Å². The van der Waals surface area contributed by atoms with Crippen LogP contribution in [0.2, 0.25) is 0 Å². The van der Waals surface area contributed by atoms with Crippen LogP contribution in [-0.2, 0) is 0 Å². The molecule has 2 heterocycles. The summed E-state index contributed by atoms with van der Waals surface area (Å²) in [6.45, 7) is -0.501. The maximum Gasteiger partial charge on any atom is 0.137 e. The third-order valence-corrected chi connectivity index (χ3v) is 3.85. The molecule has 0 bridgehead atoms. The van der Waals surface area contributed by atoms with E-state index in [0.29, 0.717) is 28.1 Å². The number of nitrogens with zero attached hydrogens (tertiary/aromatic N) is 5. The molecule has 1 unspecified atom stereocenters.